The number of anilines is 6. The van der Waals surface area contributed by atoms with E-state index in [9.17, 15) is 0 Å². The van der Waals surface area contributed by atoms with Crippen molar-refractivity contribution >= 4 is 61.5 Å². The minimum absolute atomic E-state index is 0.0778. The Morgan fingerprint density at radius 3 is 1.92 bits per heavy atom. The second-order valence-corrected chi connectivity index (χ2v) is 13.2. The van der Waals surface area contributed by atoms with E-state index in [2.05, 4.69) is 178 Å². The molecule has 244 valence electrons. The second kappa shape index (κ2) is 12.1. The lowest BCUT2D eigenvalue weighted by atomic mass is 10.00. The molecule has 0 amide bonds. The molecule has 51 heavy (non-hydrogen) atoms. The number of benzene rings is 5. The molecular weight excluding hydrogens is 625 g/mol. The smallest absolute Gasteiger partial charge is 0.238 e. The van der Waals surface area contributed by atoms with E-state index in [0.717, 1.165) is 86.6 Å². The fourth-order valence-corrected chi connectivity index (χ4v) is 7.71. The molecule has 0 spiro atoms. The van der Waals surface area contributed by atoms with Crippen molar-refractivity contribution in [2.24, 2.45) is 0 Å². The highest BCUT2D eigenvalue weighted by Crippen LogP contribution is 2.55. The highest BCUT2D eigenvalue weighted by atomic mass is 15.3. The number of allylic oxidation sites excluding steroid dienone is 8. The number of fused-ring (bicyclic) bond motifs is 5. The van der Waals surface area contributed by atoms with Gasteiger partial charge in [-0.15, -0.1) is 0 Å². The van der Waals surface area contributed by atoms with Crippen LogP contribution >= 0.6 is 0 Å². The third-order valence-electron chi connectivity index (χ3n) is 10.0. The van der Waals surface area contributed by atoms with Gasteiger partial charge in [-0.3, -0.25) is 4.57 Å². The Hall–Kier alpha value is -6.53. The lowest BCUT2D eigenvalue weighted by Crippen LogP contribution is -2.24. The van der Waals surface area contributed by atoms with Crippen molar-refractivity contribution in [1.82, 2.24) is 19.5 Å². The van der Waals surface area contributed by atoms with Gasteiger partial charge in [-0.1, -0.05) is 109 Å². The fraction of sp³-hybridized carbons (Fsp3) is 0.0889. The summed E-state index contributed by atoms with van der Waals surface area (Å²) in [7, 11) is 0. The maximum atomic E-state index is 5.26. The summed E-state index contributed by atoms with van der Waals surface area (Å²) in [5, 5.41) is 2.28. The number of hydrogen-bond donors (Lipinski definition) is 0. The van der Waals surface area contributed by atoms with Gasteiger partial charge in [0, 0.05) is 33.6 Å². The number of para-hydroxylation sites is 5. The van der Waals surface area contributed by atoms with Crippen molar-refractivity contribution in [2.45, 2.75) is 25.2 Å². The summed E-state index contributed by atoms with van der Waals surface area (Å²) < 4.78 is 2.24. The van der Waals surface area contributed by atoms with Gasteiger partial charge in [-0.05, 0) is 73.9 Å². The van der Waals surface area contributed by atoms with Crippen molar-refractivity contribution in [1.29, 1.82) is 0 Å². The van der Waals surface area contributed by atoms with Crippen LogP contribution in [0.3, 0.4) is 0 Å². The molecule has 0 N–H and O–H groups in total. The molecule has 0 saturated carbocycles. The van der Waals surface area contributed by atoms with E-state index in [1.165, 1.54) is 0 Å². The molecule has 10 rings (SSSR count). The molecule has 2 aliphatic carbocycles. The summed E-state index contributed by atoms with van der Waals surface area (Å²) in [5.41, 5.74) is 9.76. The van der Waals surface area contributed by atoms with Crippen LogP contribution in [-0.4, -0.2) is 19.5 Å². The van der Waals surface area contributed by atoms with Crippen molar-refractivity contribution in [3.05, 3.63) is 176 Å². The van der Waals surface area contributed by atoms with Crippen molar-refractivity contribution < 1.29 is 0 Å². The minimum atomic E-state index is 0.0778. The zero-order valence-corrected chi connectivity index (χ0v) is 28.0. The van der Waals surface area contributed by atoms with Crippen molar-refractivity contribution in [3.63, 3.8) is 0 Å². The van der Waals surface area contributed by atoms with Crippen LogP contribution in [-0.2, 0) is 0 Å². The first-order chi connectivity index (χ1) is 25.3. The molecule has 3 aliphatic rings. The van der Waals surface area contributed by atoms with Gasteiger partial charge in [0.1, 0.15) is 5.82 Å². The number of hydrogen-bond acceptors (Lipinski definition) is 5. The van der Waals surface area contributed by atoms with E-state index in [4.69, 9.17) is 15.0 Å². The molecular formula is C45H34N6. The van der Waals surface area contributed by atoms with Crippen molar-refractivity contribution in [2.75, 3.05) is 9.80 Å². The van der Waals surface area contributed by atoms with Gasteiger partial charge >= 0.3 is 0 Å². The standard InChI is InChI=1S/C45H34N6/c1-5-17-31(18-6-1)43-46-44(32-19-7-2-8-20-32)48-45(47-43)51-37-26-14-13-25-35(37)36-29-41-42(30-40(36)51)50(34-23-11-4-12-24-34)39-28-16-15-27-38(39)49(41)33-21-9-3-10-22-33/h1,3-7,9-17,19-31H,2,8,18H2. The Labute approximate surface area is 296 Å². The van der Waals surface area contributed by atoms with E-state index >= 15 is 0 Å². The minimum Gasteiger partial charge on any atom is -0.306 e. The zero-order valence-electron chi connectivity index (χ0n) is 28.0. The molecule has 0 fully saturated rings. The first kappa shape index (κ1) is 29.4. The number of rotatable bonds is 5. The topological polar surface area (TPSA) is 50.1 Å². The second-order valence-electron chi connectivity index (χ2n) is 13.2. The molecule has 0 saturated heterocycles. The number of aromatic nitrogens is 4. The van der Waals surface area contributed by atoms with Gasteiger partial charge < -0.3 is 9.80 Å². The molecule has 1 aliphatic heterocycles. The lowest BCUT2D eigenvalue weighted by Gasteiger charge is -2.40. The van der Waals surface area contributed by atoms with E-state index in [0.29, 0.717) is 11.8 Å². The van der Waals surface area contributed by atoms with Crippen LogP contribution in [0.4, 0.5) is 34.1 Å². The van der Waals surface area contributed by atoms with Gasteiger partial charge in [0.2, 0.25) is 5.95 Å². The monoisotopic (exact) mass is 658 g/mol. The predicted molar refractivity (Wildman–Crippen MR) is 209 cm³/mol. The van der Waals surface area contributed by atoms with E-state index in [1.54, 1.807) is 0 Å². The summed E-state index contributed by atoms with van der Waals surface area (Å²) in [6.07, 6.45) is 18.1. The maximum absolute atomic E-state index is 5.26. The van der Waals surface area contributed by atoms with E-state index in [-0.39, 0.29) is 5.92 Å². The van der Waals surface area contributed by atoms with Crippen LogP contribution in [0.25, 0.3) is 33.3 Å². The van der Waals surface area contributed by atoms with Gasteiger partial charge in [0.05, 0.1) is 33.8 Å². The Morgan fingerprint density at radius 1 is 0.549 bits per heavy atom. The first-order valence-electron chi connectivity index (χ1n) is 17.7. The largest absolute Gasteiger partial charge is 0.306 e. The molecule has 2 aromatic heterocycles. The van der Waals surface area contributed by atoms with Crippen LogP contribution in [0, 0.1) is 0 Å². The van der Waals surface area contributed by atoms with Crippen LogP contribution < -0.4 is 9.80 Å². The number of nitrogens with zero attached hydrogens (tertiary/aromatic N) is 6. The average Bonchev–Trinajstić information content (AvgIpc) is 3.53. The van der Waals surface area contributed by atoms with Gasteiger partial charge in [-0.25, -0.2) is 4.98 Å². The Kier molecular flexibility index (Phi) is 6.98. The quantitative estimate of drug-likeness (QED) is 0.184. The summed E-state index contributed by atoms with van der Waals surface area (Å²) in [6.45, 7) is 0. The summed E-state index contributed by atoms with van der Waals surface area (Å²) in [6, 6.07) is 43.3. The summed E-state index contributed by atoms with van der Waals surface area (Å²) in [4.78, 5) is 20.4. The van der Waals surface area contributed by atoms with Crippen molar-refractivity contribution in [3.8, 4) is 5.95 Å². The van der Waals surface area contributed by atoms with Crippen LogP contribution in [0.2, 0.25) is 0 Å². The van der Waals surface area contributed by atoms with E-state index < -0.39 is 0 Å². The molecule has 6 heteroatoms. The lowest BCUT2D eigenvalue weighted by molar-refractivity contribution is 0.741. The van der Waals surface area contributed by atoms with Crippen LogP contribution in [0.1, 0.15) is 36.8 Å². The molecule has 0 radical (unpaired) electrons. The Morgan fingerprint density at radius 2 is 1.24 bits per heavy atom. The summed E-state index contributed by atoms with van der Waals surface area (Å²) in [5.74, 6) is 2.21. The molecule has 6 nitrogen and oxygen atoms in total. The first-order valence-corrected chi connectivity index (χ1v) is 17.7. The van der Waals surface area contributed by atoms with Crippen LogP contribution in [0.5, 0.6) is 0 Å². The van der Waals surface area contributed by atoms with Crippen LogP contribution in [0.15, 0.2) is 164 Å². The predicted octanol–water partition coefficient (Wildman–Crippen LogP) is 11.6. The molecule has 5 aromatic carbocycles. The molecule has 3 heterocycles. The third kappa shape index (κ3) is 4.90. The maximum Gasteiger partial charge on any atom is 0.238 e. The van der Waals surface area contributed by atoms with Gasteiger partial charge in [0.25, 0.3) is 0 Å². The highest BCUT2D eigenvalue weighted by Gasteiger charge is 2.32. The molecule has 7 aromatic rings. The zero-order chi connectivity index (χ0) is 33.7. The fourth-order valence-electron chi connectivity index (χ4n) is 7.71. The Balaban J connectivity index is 1.28. The third-order valence-corrected chi connectivity index (χ3v) is 10.0. The van der Waals surface area contributed by atoms with E-state index in [1.807, 2.05) is 0 Å². The van der Waals surface area contributed by atoms with Gasteiger partial charge in [-0.2, -0.15) is 9.97 Å². The molecule has 1 atom stereocenters. The SMILES string of the molecule is C1=CCC(c2nc(C3=CCCC=C3)nc(-n3c4ccccc4c4cc5c(cc43)N(c3ccccc3)c3ccccc3N5c3ccccc3)n2)C=C1. The highest BCUT2D eigenvalue weighted by molar-refractivity contribution is 6.14. The average molecular weight is 659 g/mol. The molecule has 0 bridgehead atoms. The normalized spacial score (nSPS) is 16.4. The summed E-state index contributed by atoms with van der Waals surface area (Å²) >= 11 is 0. The molecule has 1 unspecified atom stereocenters. The van der Waals surface area contributed by atoms with Gasteiger partial charge in [0.15, 0.2) is 5.82 Å². The Bertz CT molecular complexity index is 2580.